The summed E-state index contributed by atoms with van der Waals surface area (Å²) in [6.07, 6.45) is 3.00. The minimum Gasteiger partial charge on any atom is -0.490 e. The van der Waals surface area contributed by atoms with Gasteiger partial charge in [0, 0.05) is 59.4 Å². The summed E-state index contributed by atoms with van der Waals surface area (Å²) < 4.78 is 45.9. The molecule has 0 saturated carbocycles. The number of aryl methyl sites for hydroxylation is 1. The van der Waals surface area contributed by atoms with Gasteiger partial charge in [-0.3, -0.25) is 14.2 Å². The largest absolute Gasteiger partial charge is 0.490 e. The molecular formula is C34H30F2N6O4S. The Morgan fingerprint density at radius 1 is 1.13 bits per heavy atom. The second-order valence-corrected chi connectivity index (χ2v) is 12.0. The number of carbonyl (C=O) groups is 1. The molecule has 0 bridgehead atoms. The Bertz CT molecular complexity index is 2170. The minimum absolute atomic E-state index is 0.00166. The molecule has 0 unspecified atom stereocenters. The fraction of sp³-hybridized carbons (Fsp3) is 0.235. The Hall–Kier alpha value is -4.98. The number of amides is 1. The summed E-state index contributed by atoms with van der Waals surface area (Å²) in [5.74, 6) is -1.91. The molecule has 1 aliphatic heterocycles. The zero-order chi connectivity index (χ0) is 32.8. The van der Waals surface area contributed by atoms with Gasteiger partial charge in [0.2, 0.25) is 5.91 Å². The maximum atomic E-state index is 16.1. The standard InChI is InChI=1S/C34H30F2N6O4S/c1-4-29(44)41-8-9-42-26(27(41)18-43)16-24(39-42)33-31(30-23(36)14-21(35)15-28(30)46-11-10-45-3)34-22(7-12-47-34)32(38-33)19-5-6-25-20(13-19)17-37-40(25)2/h4-7,12-17,27,43H,1,8-11,18H2,2-3H3/t27-/m0/s1. The van der Waals surface area contributed by atoms with Crippen molar-refractivity contribution in [2.45, 2.75) is 12.6 Å². The van der Waals surface area contributed by atoms with E-state index in [2.05, 4.69) is 11.7 Å². The van der Waals surface area contributed by atoms with Gasteiger partial charge in [-0.25, -0.2) is 13.8 Å². The van der Waals surface area contributed by atoms with Crippen LogP contribution in [0.2, 0.25) is 0 Å². The normalized spacial score (nSPS) is 14.6. The number of aromatic nitrogens is 5. The molecular weight excluding hydrogens is 626 g/mol. The number of methoxy groups -OCH3 is 1. The van der Waals surface area contributed by atoms with E-state index in [0.717, 1.165) is 34.0 Å². The van der Waals surface area contributed by atoms with Gasteiger partial charge in [0.05, 0.1) is 54.5 Å². The maximum Gasteiger partial charge on any atom is 0.246 e. The van der Waals surface area contributed by atoms with E-state index in [9.17, 15) is 14.3 Å². The van der Waals surface area contributed by atoms with Crippen LogP contribution < -0.4 is 4.74 Å². The van der Waals surface area contributed by atoms with Gasteiger partial charge in [-0.2, -0.15) is 10.2 Å². The van der Waals surface area contributed by atoms with Crippen molar-refractivity contribution in [1.29, 1.82) is 0 Å². The molecule has 6 aromatic rings. The van der Waals surface area contributed by atoms with Crippen LogP contribution in [-0.4, -0.2) is 73.9 Å². The number of fused-ring (bicyclic) bond motifs is 3. The van der Waals surface area contributed by atoms with Crippen molar-refractivity contribution < 1.29 is 28.2 Å². The van der Waals surface area contributed by atoms with Crippen molar-refractivity contribution >= 4 is 38.2 Å². The quantitative estimate of drug-likeness (QED) is 0.156. The average Bonchev–Trinajstić information content (AvgIpc) is 3.82. The number of carbonyl (C=O) groups excluding carboxylic acids is 1. The number of halogens is 2. The van der Waals surface area contributed by atoms with Crippen LogP contribution in [0, 0.1) is 11.6 Å². The third kappa shape index (κ3) is 5.25. The SMILES string of the molecule is C=CC(=O)N1CCn2nc(-c3nc(-c4ccc5c(cnn5C)c4)c4ccsc4c3-c3c(F)cc(F)cc3OCCOC)cc2[C@@H]1CO. The second-order valence-electron chi connectivity index (χ2n) is 11.1. The van der Waals surface area contributed by atoms with Gasteiger partial charge >= 0.3 is 0 Å². The van der Waals surface area contributed by atoms with Gasteiger partial charge in [0.15, 0.2) is 0 Å². The van der Waals surface area contributed by atoms with Crippen LogP contribution in [0.3, 0.4) is 0 Å². The first kappa shape index (κ1) is 30.7. The molecule has 1 amide bonds. The highest BCUT2D eigenvalue weighted by Gasteiger charge is 2.33. The van der Waals surface area contributed by atoms with E-state index in [4.69, 9.17) is 19.6 Å². The first-order chi connectivity index (χ1) is 22.8. The molecule has 0 spiro atoms. The number of hydrogen-bond acceptors (Lipinski definition) is 8. The summed E-state index contributed by atoms with van der Waals surface area (Å²) in [7, 11) is 3.39. The minimum atomic E-state index is -0.820. The van der Waals surface area contributed by atoms with E-state index in [1.54, 1.807) is 26.5 Å². The summed E-state index contributed by atoms with van der Waals surface area (Å²) in [5, 5.41) is 23.2. The molecule has 1 N–H and O–H groups in total. The molecule has 0 fully saturated rings. The summed E-state index contributed by atoms with van der Waals surface area (Å²) in [5.41, 5.74) is 4.17. The molecule has 5 heterocycles. The highest BCUT2D eigenvalue weighted by molar-refractivity contribution is 7.18. The van der Waals surface area contributed by atoms with Crippen molar-refractivity contribution in [3.05, 3.63) is 84.0 Å². The smallest absolute Gasteiger partial charge is 0.246 e. The van der Waals surface area contributed by atoms with Crippen molar-refractivity contribution in [1.82, 2.24) is 29.4 Å². The third-order valence-electron chi connectivity index (χ3n) is 8.40. The Morgan fingerprint density at radius 2 is 1.98 bits per heavy atom. The topological polar surface area (TPSA) is 108 Å². The summed E-state index contributed by atoms with van der Waals surface area (Å²) >= 11 is 1.40. The zero-order valence-electron chi connectivity index (χ0n) is 25.6. The monoisotopic (exact) mass is 656 g/mol. The number of ether oxygens (including phenoxy) is 2. The summed E-state index contributed by atoms with van der Waals surface area (Å²) in [4.78, 5) is 19.4. The lowest BCUT2D eigenvalue weighted by Crippen LogP contribution is -2.42. The van der Waals surface area contributed by atoms with Crippen LogP contribution in [0.1, 0.15) is 11.7 Å². The number of hydrogen-bond donors (Lipinski definition) is 1. The fourth-order valence-corrected chi connectivity index (χ4v) is 7.15. The molecule has 4 aromatic heterocycles. The van der Waals surface area contributed by atoms with E-state index in [-0.39, 0.29) is 37.0 Å². The average molecular weight is 657 g/mol. The number of aliphatic hydroxyl groups is 1. The van der Waals surface area contributed by atoms with Crippen LogP contribution in [0.15, 0.2) is 66.7 Å². The first-order valence-corrected chi connectivity index (χ1v) is 15.8. The third-order valence-corrected chi connectivity index (χ3v) is 9.33. The lowest BCUT2D eigenvalue weighted by Gasteiger charge is -2.34. The Labute approximate surface area is 272 Å². The van der Waals surface area contributed by atoms with E-state index >= 15 is 4.39 Å². The second kappa shape index (κ2) is 12.3. The molecule has 1 aliphatic rings. The van der Waals surface area contributed by atoms with Gasteiger partial charge in [-0.05, 0) is 35.7 Å². The molecule has 7 rings (SSSR count). The lowest BCUT2D eigenvalue weighted by molar-refractivity contribution is -0.130. The van der Waals surface area contributed by atoms with Gasteiger partial charge in [0.1, 0.15) is 35.4 Å². The Morgan fingerprint density at radius 3 is 2.77 bits per heavy atom. The number of nitrogens with zero attached hydrogens (tertiary/aromatic N) is 6. The van der Waals surface area contributed by atoms with Gasteiger partial charge in [-0.15, -0.1) is 11.3 Å². The highest BCUT2D eigenvalue weighted by atomic mass is 32.1. The molecule has 1 atom stereocenters. The number of rotatable bonds is 9. The lowest BCUT2D eigenvalue weighted by atomic mass is 9.96. The fourth-order valence-electron chi connectivity index (χ4n) is 6.20. The van der Waals surface area contributed by atoms with E-state index in [1.807, 2.05) is 36.7 Å². The van der Waals surface area contributed by atoms with Crippen molar-refractivity contribution in [2.24, 2.45) is 7.05 Å². The van der Waals surface area contributed by atoms with E-state index in [0.29, 0.717) is 46.1 Å². The highest BCUT2D eigenvalue weighted by Crippen LogP contribution is 2.47. The van der Waals surface area contributed by atoms with Crippen LogP contribution >= 0.6 is 11.3 Å². The number of benzene rings is 2. The van der Waals surface area contributed by atoms with Crippen LogP contribution in [0.5, 0.6) is 5.75 Å². The predicted octanol–water partition coefficient (Wildman–Crippen LogP) is 5.75. The molecule has 10 nitrogen and oxygen atoms in total. The van der Waals surface area contributed by atoms with E-state index in [1.165, 1.54) is 24.5 Å². The van der Waals surface area contributed by atoms with Crippen molar-refractivity contribution in [3.63, 3.8) is 0 Å². The predicted molar refractivity (Wildman–Crippen MR) is 175 cm³/mol. The molecule has 0 radical (unpaired) electrons. The first-order valence-electron chi connectivity index (χ1n) is 14.9. The number of thiophene rings is 1. The summed E-state index contributed by atoms with van der Waals surface area (Å²) in [6, 6.07) is 10.9. The maximum absolute atomic E-state index is 16.1. The van der Waals surface area contributed by atoms with Gasteiger partial charge in [-0.1, -0.05) is 12.6 Å². The molecule has 240 valence electrons. The van der Waals surface area contributed by atoms with Gasteiger partial charge < -0.3 is 19.5 Å². The molecule has 0 saturated heterocycles. The molecule has 13 heteroatoms. The Balaban J connectivity index is 1.51. The van der Waals surface area contributed by atoms with Crippen LogP contribution in [-0.2, 0) is 23.1 Å². The van der Waals surface area contributed by atoms with Crippen molar-refractivity contribution in [2.75, 3.05) is 33.5 Å². The van der Waals surface area contributed by atoms with Gasteiger partial charge in [0.25, 0.3) is 0 Å². The zero-order valence-corrected chi connectivity index (χ0v) is 26.4. The summed E-state index contributed by atoms with van der Waals surface area (Å²) in [6.45, 7) is 4.22. The number of aliphatic hydroxyl groups excluding tert-OH is 1. The number of pyridine rings is 1. The molecule has 0 aliphatic carbocycles. The van der Waals surface area contributed by atoms with Crippen molar-refractivity contribution in [3.8, 4) is 39.5 Å². The van der Waals surface area contributed by atoms with E-state index < -0.39 is 17.7 Å². The van der Waals surface area contributed by atoms with Crippen LogP contribution in [0.25, 0.3) is 54.8 Å². The van der Waals surface area contributed by atoms with Crippen LogP contribution in [0.4, 0.5) is 8.78 Å². The molecule has 47 heavy (non-hydrogen) atoms. The molecule has 2 aromatic carbocycles. The Kier molecular flexibility index (Phi) is 8.04.